The second kappa shape index (κ2) is 18.3. The molecule has 1 nitrogen and oxygen atoms in total. The molecule has 0 aromatic rings. The van der Waals surface area contributed by atoms with Gasteiger partial charge >= 0.3 is 50.5 Å². The fourth-order valence-corrected chi connectivity index (χ4v) is 2.80. The SMILES string of the molecule is CC(C)(C)[N]=[Nb].CCC1[CH-]C(CC)CCC1.[CH-]1CCCCC1.[CH2-]C. The molecule has 0 amide bonds. The standard InChI is InChI=1S/C10H19.C6H11.C4H9N.C2H5.Nb/c1-3-9-6-5-7-10(4-2)8-9;1-2-4-6-5-3-1;1-4(2,3)5;1-2;/h8-10H,3-7H2,1-2H3;1H,2-6H2;1-3H3;1H2,2H3;/q2*-1;;-1;. The summed E-state index contributed by atoms with van der Waals surface area (Å²) in [6.45, 7) is 15.9. The molecule has 0 aliphatic heterocycles. The van der Waals surface area contributed by atoms with Crippen LogP contribution in [0.5, 0.6) is 0 Å². The summed E-state index contributed by atoms with van der Waals surface area (Å²) in [5.74, 6) is 1.89. The maximum absolute atomic E-state index is 4.07. The van der Waals surface area contributed by atoms with Crippen molar-refractivity contribution in [1.29, 1.82) is 0 Å². The summed E-state index contributed by atoms with van der Waals surface area (Å²) in [6.07, 6.45) is 19.2. The summed E-state index contributed by atoms with van der Waals surface area (Å²) < 4.78 is 4.07. The van der Waals surface area contributed by atoms with E-state index < -0.39 is 0 Å². The van der Waals surface area contributed by atoms with E-state index >= 15 is 0 Å². The first-order valence-corrected chi connectivity index (χ1v) is 11.1. The maximum atomic E-state index is 4.07. The molecule has 0 N–H and O–H groups in total. The van der Waals surface area contributed by atoms with Crippen molar-refractivity contribution in [3.63, 3.8) is 0 Å². The number of hydrogen-bond donors (Lipinski definition) is 0. The van der Waals surface area contributed by atoms with Crippen LogP contribution in [0.4, 0.5) is 0 Å². The molecule has 2 aliphatic carbocycles. The monoisotopic (exact) mass is 415 g/mol. The number of nitrogens with zero attached hydrogens (tertiary/aromatic N) is 1. The Balaban J connectivity index is 0. The average molecular weight is 416 g/mol. The van der Waals surface area contributed by atoms with Crippen LogP contribution < -0.4 is 0 Å². The van der Waals surface area contributed by atoms with Gasteiger partial charge in [-0.15, -0.1) is 0 Å². The molecule has 2 unspecified atom stereocenters. The van der Waals surface area contributed by atoms with E-state index in [1.165, 1.54) is 85.1 Å². The van der Waals surface area contributed by atoms with Crippen molar-refractivity contribution in [3.8, 4) is 0 Å². The average Bonchev–Trinajstić information content (AvgIpc) is 2.65. The van der Waals surface area contributed by atoms with Crippen LogP contribution in [0.1, 0.15) is 106 Å². The van der Waals surface area contributed by atoms with Crippen molar-refractivity contribution in [2.45, 2.75) is 111 Å². The minimum absolute atomic E-state index is 0.189. The van der Waals surface area contributed by atoms with Gasteiger partial charge in [-0.2, -0.15) is 31.6 Å². The zero-order valence-electron chi connectivity index (χ0n) is 17.5. The van der Waals surface area contributed by atoms with Gasteiger partial charge in [0.1, 0.15) is 0 Å². The van der Waals surface area contributed by atoms with Gasteiger partial charge in [-0.3, -0.25) is 0 Å². The molecular formula is C22H44NNb-3. The van der Waals surface area contributed by atoms with E-state index in [1.807, 2.05) is 0 Å². The van der Waals surface area contributed by atoms with E-state index in [2.05, 4.69) is 57.7 Å². The quantitative estimate of drug-likeness (QED) is 0.321. The Morgan fingerprint density at radius 1 is 0.917 bits per heavy atom. The molecule has 0 aromatic carbocycles. The fourth-order valence-electron chi connectivity index (χ4n) is 2.80. The Kier molecular flexibility index (Phi) is 20.4. The van der Waals surface area contributed by atoms with Crippen molar-refractivity contribution >= 4 is 0 Å². The van der Waals surface area contributed by atoms with Gasteiger partial charge in [0.2, 0.25) is 0 Å². The fraction of sp³-hybridized carbons (Fsp3) is 0.864. The van der Waals surface area contributed by atoms with Crippen LogP contribution in [-0.4, -0.2) is 5.54 Å². The maximum Gasteiger partial charge on any atom is -0.0577 e. The van der Waals surface area contributed by atoms with Crippen LogP contribution in [0.2, 0.25) is 0 Å². The third-order valence-electron chi connectivity index (χ3n) is 4.36. The summed E-state index contributed by atoms with van der Waals surface area (Å²) in [4.78, 5) is 0. The Labute approximate surface area is 166 Å². The van der Waals surface area contributed by atoms with Crippen molar-refractivity contribution in [1.82, 2.24) is 0 Å². The Morgan fingerprint density at radius 3 is 1.54 bits per heavy atom. The minimum Gasteiger partial charge on any atom is -0.346 e. The molecule has 0 spiro atoms. The first-order chi connectivity index (χ1) is 11.4. The third kappa shape index (κ3) is 18.9. The van der Waals surface area contributed by atoms with Crippen molar-refractivity contribution < 1.29 is 20.9 Å². The van der Waals surface area contributed by atoms with Crippen LogP contribution in [0.3, 0.4) is 0 Å². The Bertz CT molecular complexity index is 232. The van der Waals surface area contributed by atoms with Crippen LogP contribution in [0.15, 0.2) is 3.34 Å². The minimum atomic E-state index is 0.189. The molecule has 0 heterocycles. The predicted molar refractivity (Wildman–Crippen MR) is 106 cm³/mol. The smallest absolute Gasteiger partial charge is 0.0577 e. The molecule has 2 fully saturated rings. The molecule has 2 atom stereocenters. The molecule has 24 heavy (non-hydrogen) atoms. The molecule has 2 heteroatoms. The van der Waals surface area contributed by atoms with E-state index in [-0.39, 0.29) is 5.54 Å². The van der Waals surface area contributed by atoms with Gasteiger partial charge in [-0.05, 0) is 0 Å². The van der Waals surface area contributed by atoms with E-state index in [0.717, 1.165) is 11.8 Å². The number of hydrogen-bond acceptors (Lipinski definition) is 1. The van der Waals surface area contributed by atoms with E-state index in [1.54, 1.807) is 6.92 Å². The molecule has 0 saturated heterocycles. The van der Waals surface area contributed by atoms with E-state index in [4.69, 9.17) is 0 Å². The first kappa shape index (κ1) is 26.8. The second-order valence-corrected chi connectivity index (χ2v) is 8.15. The molecule has 2 saturated carbocycles. The van der Waals surface area contributed by atoms with Gasteiger partial charge in [-0.1, -0.05) is 65.2 Å². The predicted octanol–water partition coefficient (Wildman–Crippen LogP) is 7.94. The summed E-state index contributed by atoms with van der Waals surface area (Å²) in [6, 6.07) is 0. The van der Waals surface area contributed by atoms with E-state index in [0.29, 0.717) is 0 Å². The van der Waals surface area contributed by atoms with Crippen molar-refractivity contribution in [2.75, 3.05) is 0 Å². The molecule has 2 aliphatic rings. The Hall–Kier alpha value is 0.540. The van der Waals surface area contributed by atoms with Crippen LogP contribution in [0.25, 0.3) is 0 Å². The van der Waals surface area contributed by atoms with Crippen LogP contribution in [-0.2, 0) is 20.9 Å². The van der Waals surface area contributed by atoms with Gasteiger partial charge in [-0.25, -0.2) is 0 Å². The zero-order valence-corrected chi connectivity index (χ0v) is 19.7. The molecule has 0 radical (unpaired) electrons. The normalized spacial score (nSPS) is 23.2. The summed E-state index contributed by atoms with van der Waals surface area (Å²) >= 11 is 1.52. The van der Waals surface area contributed by atoms with Crippen molar-refractivity contribution in [2.24, 2.45) is 15.2 Å². The molecular weight excluding hydrogens is 371 g/mol. The second-order valence-electron chi connectivity index (χ2n) is 7.66. The number of rotatable bonds is 2. The summed E-state index contributed by atoms with van der Waals surface area (Å²) in [7, 11) is 0. The largest absolute Gasteiger partial charge is 0.346 e. The van der Waals surface area contributed by atoms with Gasteiger partial charge in [0, 0.05) is 0 Å². The van der Waals surface area contributed by atoms with E-state index in [9.17, 15) is 0 Å². The van der Waals surface area contributed by atoms with Gasteiger partial charge in [0.15, 0.2) is 0 Å². The first-order valence-electron chi connectivity index (χ1n) is 10.2. The van der Waals surface area contributed by atoms with Gasteiger partial charge < -0.3 is 19.8 Å². The van der Waals surface area contributed by atoms with Gasteiger partial charge in [0.25, 0.3) is 0 Å². The molecule has 2 rings (SSSR count). The van der Waals surface area contributed by atoms with Gasteiger partial charge in [0.05, 0.1) is 0 Å². The zero-order chi connectivity index (χ0) is 18.8. The third-order valence-corrected chi connectivity index (χ3v) is 5.83. The summed E-state index contributed by atoms with van der Waals surface area (Å²) in [5, 5.41) is 0. The topological polar surface area (TPSA) is 12.4 Å². The Morgan fingerprint density at radius 2 is 1.33 bits per heavy atom. The molecule has 0 bridgehead atoms. The summed E-state index contributed by atoms with van der Waals surface area (Å²) in [5.41, 5.74) is 0.189. The van der Waals surface area contributed by atoms with Crippen molar-refractivity contribution in [3.05, 3.63) is 19.8 Å². The van der Waals surface area contributed by atoms with Crippen LogP contribution in [0, 0.1) is 31.6 Å². The molecule has 0 aromatic heterocycles. The van der Waals surface area contributed by atoms with Crippen LogP contribution >= 0.6 is 0 Å². The molecule has 145 valence electrons.